The van der Waals surface area contributed by atoms with Crippen LogP contribution in [0.25, 0.3) is 0 Å². The van der Waals surface area contributed by atoms with Gasteiger partial charge in [0.1, 0.15) is 23.0 Å². The largest absolute Gasteiger partial charge is 0.508 e. The fourth-order valence-electron chi connectivity index (χ4n) is 1.29. The molecule has 1 aliphatic rings. The third-order valence-corrected chi connectivity index (χ3v) is 3.51. The first-order valence-electron chi connectivity index (χ1n) is 4.70. The molecule has 0 unspecified atom stereocenters. The van der Waals surface area contributed by atoms with Crippen molar-refractivity contribution in [3.63, 3.8) is 0 Å². The van der Waals surface area contributed by atoms with Crippen molar-refractivity contribution in [1.82, 2.24) is 0 Å². The Kier molecular flexibility index (Phi) is 2.76. The highest BCUT2D eigenvalue weighted by atomic mass is 32.2. The zero-order valence-electron chi connectivity index (χ0n) is 8.70. The van der Waals surface area contributed by atoms with Crippen LogP contribution in [0.15, 0.2) is 39.3 Å². The molecule has 2 rings (SSSR count). The Labute approximate surface area is 98.1 Å². The van der Waals surface area contributed by atoms with Crippen LogP contribution in [0.5, 0.6) is 11.5 Å². The Balaban J connectivity index is 2.12. The van der Waals surface area contributed by atoms with Crippen molar-refractivity contribution in [3.05, 3.63) is 34.9 Å². The number of nitrogens with two attached hydrogens (primary N) is 1. The van der Waals surface area contributed by atoms with Crippen LogP contribution >= 0.6 is 0 Å². The van der Waals surface area contributed by atoms with Crippen LogP contribution in [0, 0.1) is 0 Å². The summed E-state index contributed by atoms with van der Waals surface area (Å²) < 4.78 is 31.3. The predicted octanol–water partition coefficient (Wildman–Crippen LogP) is 0.356. The Bertz CT molecular complexity index is 604. The van der Waals surface area contributed by atoms with Crippen molar-refractivity contribution in [1.29, 1.82) is 0 Å². The summed E-state index contributed by atoms with van der Waals surface area (Å²) in [7, 11) is -3.68. The number of hydrogen-bond donors (Lipinski definition) is 2. The van der Waals surface area contributed by atoms with Crippen LogP contribution in [0.2, 0.25) is 0 Å². The minimum atomic E-state index is -3.68. The molecule has 0 aromatic heterocycles. The van der Waals surface area contributed by atoms with Gasteiger partial charge >= 0.3 is 0 Å². The van der Waals surface area contributed by atoms with E-state index >= 15 is 0 Å². The second kappa shape index (κ2) is 4.10. The Hall–Kier alpha value is -2.02. The highest BCUT2D eigenvalue weighted by Gasteiger charge is 2.25. The minimum Gasteiger partial charge on any atom is -0.508 e. The molecule has 0 amide bonds. The van der Waals surface area contributed by atoms with Crippen molar-refractivity contribution in [3.8, 4) is 11.5 Å². The number of aromatic hydroxyl groups is 1. The molecule has 0 fully saturated rings. The Morgan fingerprint density at radius 3 is 2.76 bits per heavy atom. The van der Waals surface area contributed by atoms with E-state index in [-0.39, 0.29) is 23.0 Å². The van der Waals surface area contributed by atoms with Crippen LogP contribution in [-0.2, 0) is 10.0 Å². The summed E-state index contributed by atoms with van der Waals surface area (Å²) in [5, 5.41) is 9.20. The summed E-state index contributed by atoms with van der Waals surface area (Å²) in [6.45, 7) is -0.211. The molecular weight excluding hydrogens is 244 g/mol. The average Bonchev–Trinajstić information content (AvgIpc) is 2.51. The highest BCUT2D eigenvalue weighted by molar-refractivity contribution is 7.94. The number of ether oxygens (including phenoxy) is 1. The summed E-state index contributed by atoms with van der Waals surface area (Å²) in [5.74, 6) is 0.391. The quantitative estimate of drug-likeness (QED) is 0.810. The molecule has 0 radical (unpaired) electrons. The molecule has 3 N–H and O–H groups in total. The second-order valence-electron chi connectivity index (χ2n) is 3.37. The molecule has 7 heteroatoms. The van der Waals surface area contributed by atoms with Crippen LogP contribution < -0.4 is 10.5 Å². The molecule has 1 aliphatic heterocycles. The van der Waals surface area contributed by atoms with Crippen LogP contribution in [0.1, 0.15) is 0 Å². The molecule has 1 aromatic carbocycles. The first kappa shape index (κ1) is 11.5. The zero-order valence-corrected chi connectivity index (χ0v) is 9.52. The first-order valence-corrected chi connectivity index (χ1v) is 6.14. The summed E-state index contributed by atoms with van der Waals surface area (Å²) in [5.41, 5.74) is 5.54. The normalized spacial score (nSPS) is 17.4. The maximum absolute atomic E-state index is 11.4. The Morgan fingerprint density at radius 2 is 2.18 bits per heavy atom. The number of benzene rings is 1. The van der Waals surface area contributed by atoms with Gasteiger partial charge in [0.2, 0.25) is 0 Å². The van der Waals surface area contributed by atoms with Gasteiger partial charge in [-0.1, -0.05) is 6.07 Å². The third-order valence-electron chi connectivity index (χ3n) is 2.15. The van der Waals surface area contributed by atoms with Gasteiger partial charge in [0.05, 0.1) is 11.9 Å². The van der Waals surface area contributed by atoms with Gasteiger partial charge in [-0.2, -0.15) is 12.8 Å². The van der Waals surface area contributed by atoms with Gasteiger partial charge in [-0.3, -0.25) is 0 Å². The highest BCUT2D eigenvalue weighted by Crippen LogP contribution is 2.21. The molecule has 0 saturated heterocycles. The SMILES string of the molecule is NC1=C(COc2cccc(O)c2)S(=O)(=O)N=C1. The van der Waals surface area contributed by atoms with Crippen molar-refractivity contribution in [2.24, 2.45) is 10.1 Å². The van der Waals surface area contributed by atoms with Crippen LogP contribution in [0.3, 0.4) is 0 Å². The number of rotatable bonds is 3. The van der Waals surface area contributed by atoms with Crippen LogP contribution in [0.4, 0.5) is 0 Å². The van der Waals surface area contributed by atoms with E-state index in [1.165, 1.54) is 12.1 Å². The van der Waals surface area contributed by atoms with Crippen LogP contribution in [-0.4, -0.2) is 26.3 Å². The van der Waals surface area contributed by atoms with Gasteiger partial charge in [0, 0.05) is 6.07 Å². The lowest BCUT2D eigenvalue weighted by Crippen LogP contribution is -2.12. The van der Waals surface area contributed by atoms with E-state index in [1.807, 2.05) is 0 Å². The molecule has 0 aliphatic carbocycles. The maximum Gasteiger partial charge on any atom is 0.284 e. The Morgan fingerprint density at radius 1 is 1.41 bits per heavy atom. The van der Waals surface area contributed by atoms with Gasteiger partial charge in [0.25, 0.3) is 10.0 Å². The number of phenolic OH excluding ortho intramolecular Hbond substituents is 1. The average molecular weight is 254 g/mol. The molecule has 6 nitrogen and oxygen atoms in total. The molecule has 1 aromatic rings. The second-order valence-corrected chi connectivity index (χ2v) is 5.03. The van der Waals surface area contributed by atoms with Gasteiger partial charge in [0.15, 0.2) is 0 Å². The minimum absolute atomic E-state index is 0.0370. The van der Waals surface area contributed by atoms with Gasteiger partial charge in [-0.15, -0.1) is 0 Å². The molecule has 0 bridgehead atoms. The summed E-state index contributed by atoms with van der Waals surface area (Å²) >= 11 is 0. The molecule has 0 atom stereocenters. The van der Waals surface area contributed by atoms with E-state index in [0.29, 0.717) is 5.75 Å². The van der Waals surface area contributed by atoms with Gasteiger partial charge < -0.3 is 15.6 Å². The van der Waals surface area contributed by atoms with Crippen molar-refractivity contribution in [2.45, 2.75) is 0 Å². The molecule has 0 spiro atoms. The van der Waals surface area contributed by atoms with Gasteiger partial charge in [-0.05, 0) is 12.1 Å². The van der Waals surface area contributed by atoms with Gasteiger partial charge in [-0.25, -0.2) is 0 Å². The molecule has 1 heterocycles. The van der Waals surface area contributed by atoms with Crippen molar-refractivity contribution in [2.75, 3.05) is 6.61 Å². The topological polar surface area (TPSA) is 102 Å². The van der Waals surface area contributed by atoms with E-state index in [1.54, 1.807) is 12.1 Å². The summed E-state index contributed by atoms with van der Waals surface area (Å²) in [4.78, 5) is -0.0687. The number of phenols is 1. The first-order chi connectivity index (χ1) is 7.99. The zero-order chi connectivity index (χ0) is 12.5. The van der Waals surface area contributed by atoms with E-state index in [4.69, 9.17) is 10.5 Å². The fraction of sp³-hybridized carbons (Fsp3) is 0.100. The number of nitrogens with zero attached hydrogens (tertiary/aromatic N) is 1. The van der Waals surface area contributed by atoms with Crippen molar-refractivity contribution >= 4 is 16.2 Å². The van der Waals surface area contributed by atoms with E-state index in [9.17, 15) is 13.5 Å². The third kappa shape index (κ3) is 2.39. The molecule has 0 saturated carbocycles. The predicted molar refractivity (Wildman–Crippen MR) is 62.2 cm³/mol. The maximum atomic E-state index is 11.4. The lowest BCUT2D eigenvalue weighted by atomic mass is 10.3. The molecule has 17 heavy (non-hydrogen) atoms. The lowest BCUT2D eigenvalue weighted by Gasteiger charge is -2.07. The number of sulfonamides is 1. The molecular formula is C10H10N2O4S. The van der Waals surface area contributed by atoms with E-state index in [2.05, 4.69) is 4.40 Å². The monoisotopic (exact) mass is 254 g/mol. The standard InChI is InChI=1S/C10H10N2O4S/c11-9-5-12-17(14,15)10(9)6-16-8-3-1-2-7(13)4-8/h1-5,13H,6,11H2. The smallest absolute Gasteiger partial charge is 0.284 e. The molecule has 90 valence electrons. The fourth-order valence-corrected chi connectivity index (χ4v) is 2.23. The number of hydrogen-bond acceptors (Lipinski definition) is 5. The van der Waals surface area contributed by atoms with E-state index in [0.717, 1.165) is 6.21 Å². The van der Waals surface area contributed by atoms with E-state index < -0.39 is 10.0 Å². The van der Waals surface area contributed by atoms with Crippen molar-refractivity contribution < 1.29 is 18.3 Å². The summed E-state index contributed by atoms with van der Waals surface area (Å²) in [6.07, 6.45) is 1.08. The summed E-state index contributed by atoms with van der Waals surface area (Å²) in [6, 6.07) is 6.04. The number of allylic oxidation sites excluding steroid dienone is 1. The lowest BCUT2D eigenvalue weighted by molar-refractivity contribution is 0.354.